The number of anilines is 1. The van der Waals surface area contributed by atoms with Crippen molar-refractivity contribution in [1.82, 2.24) is 19.7 Å². The number of nitrogens with one attached hydrogen (secondary N) is 1. The molecule has 2 aromatic rings. The van der Waals surface area contributed by atoms with Gasteiger partial charge in [-0.2, -0.15) is 5.10 Å². The SMILES string of the molecule is COc1ccc(C)nc1NC(=O)N(C)CCn1cccn1. The fourth-order valence-corrected chi connectivity index (χ4v) is 1.78. The van der Waals surface area contributed by atoms with Gasteiger partial charge in [0.15, 0.2) is 11.6 Å². The minimum absolute atomic E-state index is 0.237. The molecule has 2 heterocycles. The first-order valence-corrected chi connectivity index (χ1v) is 6.61. The van der Waals surface area contributed by atoms with E-state index in [4.69, 9.17) is 4.74 Å². The number of aryl methyl sites for hydroxylation is 1. The van der Waals surface area contributed by atoms with Gasteiger partial charge in [0, 0.05) is 31.7 Å². The number of pyridine rings is 1. The predicted molar refractivity (Wildman–Crippen MR) is 79.4 cm³/mol. The van der Waals surface area contributed by atoms with Crippen molar-refractivity contribution in [3.8, 4) is 5.75 Å². The van der Waals surface area contributed by atoms with Crippen LogP contribution in [0.5, 0.6) is 5.75 Å². The van der Waals surface area contributed by atoms with E-state index in [1.165, 1.54) is 0 Å². The van der Waals surface area contributed by atoms with Crippen molar-refractivity contribution in [3.63, 3.8) is 0 Å². The Bertz CT molecular complexity index is 597. The van der Waals surface area contributed by atoms with Gasteiger partial charge < -0.3 is 9.64 Å². The highest BCUT2D eigenvalue weighted by molar-refractivity contribution is 5.89. The summed E-state index contributed by atoms with van der Waals surface area (Å²) < 4.78 is 6.96. The van der Waals surface area contributed by atoms with E-state index in [1.54, 1.807) is 36.0 Å². The Labute approximate surface area is 123 Å². The maximum absolute atomic E-state index is 12.1. The van der Waals surface area contributed by atoms with Crippen LogP contribution in [0.4, 0.5) is 10.6 Å². The first kappa shape index (κ1) is 14.8. The minimum atomic E-state index is -0.237. The van der Waals surface area contributed by atoms with E-state index in [0.29, 0.717) is 24.7 Å². The molecule has 0 bridgehead atoms. The highest BCUT2D eigenvalue weighted by Gasteiger charge is 2.13. The van der Waals surface area contributed by atoms with E-state index in [2.05, 4.69) is 15.4 Å². The molecular formula is C14H19N5O2. The Hall–Kier alpha value is -2.57. The number of amides is 2. The smallest absolute Gasteiger partial charge is 0.322 e. The van der Waals surface area contributed by atoms with Gasteiger partial charge >= 0.3 is 6.03 Å². The second kappa shape index (κ2) is 6.74. The van der Waals surface area contributed by atoms with Crippen molar-refractivity contribution in [1.29, 1.82) is 0 Å². The zero-order valence-corrected chi connectivity index (χ0v) is 12.4. The number of nitrogens with zero attached hydrogens (tertiary/aromatic N) is 4. The summed E-state index contributed by atoms with van der Waals surface area (Å²) in [6, 6.07) is 5.22. The summed E-state index contributed by atoms with van der Waals surface area (Å²) in [7, 11) is 3.27. The second-order valence-corrected chi connectivity index (χ2v) is 4.62. The molecule has 21 heavy (non-hydrogen) atoms. The number of aromatic nitrogens is 3. The monoisotopic (exact) mass is 289 g/mol. The average Bonchev–Trinajstić information content (AvgIpc) is 2.98. The number of hydrogen-bond donors (Lipinski definition) is 1. The Balaban J connectivity index is 1.95. The summed E-state index contributed by atoms with van der Waals surface area (Å²) in [5.41, 5.74) is 0.810. The van der Waals surface area contributed by atoms with Crippen molar-refractivity contribution in [2.24, 2.45) is 0 Å². The summed E-state index contributed by atoms with van der Waals surface area (Å²) in [4.78, 5) is 18.0. The lowest BCUT2D eigenvalue weighted by Crippen LogP contribution is -2.34. The standard InChI is InChI=1S/C14H19N5O2/c1-11-5-6-12(21-3)13(16-11)17-14(20)18(2)9-10-19-8-4-7-15-19/h4-8H,9-10H2,1-3H3,(H,16,17,20). The summed E-state index contributed by atoms with van der Waals surface area (Å²) >= 11 is 0. The van der Waals surface area contributed by atoms with Crippen molar-refractivity contribution in [2.75, 3.05) is 26.0 Å². The van der Waals surface area contributed by atoms with Gasteiger partial charge in [-0.3, -0.25) is 10.00 Å². The number of hydrogen-bond acceptors (Lipinski definition) is 4. The normalized spacial score (nSPS) is 10.2. The van der Waals surface area contributed by atoms with Crippen molar-refractivity contribution in [2.45, 2.75) is 13.5 Å². The van der Waals surface area contributed by atoms with E-state index < -0.39 is 0 Å². The van der Waals surface area contributed by atoms with Crippen LogP contribution in [0.3, 0.4) is 0 Å². The zero-order chi connectivity index (χ0) is 15.2. The average molecular weight is 289 g/mol. The Kier molecular flexibility index (Phi) is 4.76. The highest BCUT2D eigenvalue weighted by atomic mass is 16.5. The molecule has 0 aliphatic carbocycles. The van der Waals surface area contributed by atoms with Gasteiger partial charge in [-0.25, -0.2) is 9.78 Å². The lowest BCUT2D eigenvalue weighted by Gasteiger charge is -2.18. The molecule has 1 N–H and O–H groups in total. The van der Waals surface area contributed by atoms with E-state index in [-0.39, 0.29) is 6.03 Å². The largest absolute Gasteiger partial charge is 0.493 e. The van der Waals surface area contributed by atoms with Crippen molar-refractivity contribution >= 4 is 11.8 Å². The van der Waals surface area contributed by atoms with Gasteiger partial charge in [-0.1, -0.05) is 0 Å². The Morgan fingerprint density at radius 1 is 1.48 bits per heavy atom. The molecular weight excluding hydrogens is 270 g/mol. The molecule has 0 aromatic carbocycles. The van der Waals surface area contributed by atoms with E-state index in [9.17, 15) is 4.79 Å². The summed E-state index contributed by atoms with van der Waals surface area (Å²) in [6.45, 7) is 3.04. The maximum Gasteiger partial charge on any atom is 0.322 e. The van der Waals surface area contributed by atoms with E-state index >= 15 is 0 Å². The van der Waals surface area contributed by atoms with Gasteiger partial charge in [-0.15, -0.1) is 0 Å². The quantitative estimate of drug-likeness (QED) is 0.910. The van der Waals surface area contributed by atoms with Crippen LogP contribution in [0.2, 0.25) is 0 Å². The second-order valence-electron chi connectivity index (χ2n) is 4.62. The third kappa shape index (κ3) is 3.95. The van der Waals surface area contributed by atoms with Crippen LogP contribution in [-0.4, -0.2) is 46.4 Å². The van der Waals surface area contributed by atoms with Crippen LogP contribution in [0.1, 0.15) is 5.69 Å². The number of rotatable bonds is 5. The molecule has 112 valence electrons. The van der Waals surface area contributed by atoms with Crippen LogP contribution in [0.15, 0.2) is 30.6 Å². The molecule has 0 aliphatic heterocycles. The van der Waals surface area contributed by atoms with Crippen LogP contribution < -0.4 is 10.1 Å². The summed E-state index contributed by atoms with van der Waals surface area (Å²) in [6.07, 6.45) is 3.57. The van der Waals surface area contributed by atoms with Gasteiger partial charge in [0.1, 0.15) is 0 Å². The Morgan fingerprint density at radius 3 is 2.95 bits per heavy atom. The molecule has 0 unspecified atom stereocenters. The van der Waals surface area contributed by atoms with Crippen LogP contribution in [0.25, 0.3) is 0 Å². The fraction of sp³-hybridized carbons (Fsp3) is 0.357. The van der Waals surface area contributed by atoms with Gasteiger partial charge in [0.25, 0.3) is 0 Å². The molecule has 2 rings (SSSR count). The van der Waals surface area contributed by atoms with Crippen molar-refractivity contribution in [3.05, 3.63) is 36.3 Å². The minimum Gasteiger partial charge on any atom is -0.493 e. The molecule has 2 aromatic heterocycles. The molecule has 7 nitrogen and oxygen atoms in total. The molecule has 0 aliphatic rings. The molecule has 0 fully saturated rings. The molecule has 0 saturated heterocycles. The summed E-state index contributed by atoms with van der Waals surface area (Å²) in [5, 5.41) is 6.85. The molecule has 7 heteroatoms. The van der Waals surface area contributed by atoms with E-state index in [0.717, 1.165) is 5.69 Å². The first-order chi connectivity index (χ1) is 10.1. The van der Waals surface area contributed by atoms with Crippen LogP contribution >= 0.6 is 0 Å². The third-order valence-corrected chi connectivity index (χ3v) is 3.01. The molecule has 2 amide bonds. The summed E-state index contributed by atoms with van der Waals surface area (Å²) in [5.74, 6) is 0.961. The van der Waals surface area contributed by atoms with Crippen molar-refractivity contribution < 1.29 is 9.53 Å². The molecule has 0 radical (unpaired) electrons. The van der Waals surface area contributed by atoms with Gasteiger partial charge in [0.2, 0.25) is 0 Å². The highest BCUT2D eigenvalue weighted by Crippen LogP contribution is 2.21. The maximum atomic E-state index is 12.1. The topological polar surface area (TPSA) is 72.3 Å². The molecule has 0 saturated carbocycles. The number of methoxy groups -OCH3 is 1. The lowest BCUT2D eigenvalue weighted by atomic mass is 10.3. The molecule has 0 spiro atoms. The number of likely N-dealkylation sites (N-methyl/N-ethyl adjacent to an activating group) is 1. The van der Waals surface area contributed by atoms with Gasteiger partial charge in [-0.05, 0) is 25.1 Å². The first-order valence-electron chi connectivity index (χ1n) is 6.61. The van der Waals surface area contributed by atoms with E-state index in [1.807, 2.05) is 25.3 Å². The lowest BCUT2D eigenvalue weighted by molar-refractivity contribution is 0.220. The fourth-order valence-electron chi connectivity index (χ4n) is 1.78. The number of carbonyl (C=O) groups excluding carboxylic acids is 1. The van der Waals surface area contributed by atoms with Gasteiger partial charge in [0.05, 0.1) is 13.7 Å². The Morgan fingerprint density at radius 2 is 2.29 bits per heavy atom. The number of urea groups is 1. The predicted octanol–water partition coefficient (Wildman–Crippen LogP) is 1.76. The zero-order valence-electron chi connectivity index (χ0n) is 12.4. The van der Waals surface area contributed by atoms with Crippen LogP contribution in [-0.2, 0) is 6.54 Å². The molecule has 0 atom stereocenters. The number of carbonyl (C=O) groups is 1. The third-order valence-electron chi connectivity index (χ3n) is 3.01. The van der Waals surface area contributed by atoms with Crippen LogP contribution in [0, 0.1) is 6.92 Å². The number of ether oxygens (including phenoxy) is 1.